The van der Waals surface area contributed by atoms with Crippen molar-refractivity contribution in [2.24, 2.45) is 29.6 Å². The van der Waals surface area contributed by atoms with Gasteiger partial charge in [0.15, 0.2) is 0 Å². The zero-order valence-corrected chi connectivity index (χ0v) is 48.5. The number of esters is 1. The van der Waals surface area contributed by atoms with Gasteiger partial charge in [0.05, 0.1) is 25.7 Å². The fourth-order valence-electron chi connectivity index (χ4n) is 8.61. The first-order chi connectivity index (χ1) is 37.0. The maximum Gasteiger partial charge on any atom is 0.329 e. The Bertz CT molecular complexity index is 2020. The van der Waals surface area contributed by atoms with Gasteiger partial charge in [0.1, 0.15) is 60.5 Å². The lowest BCUT2D eigenvalue weighted by molar-refractivity contribution is -0.158. The monoisotopic (exact) mass is 1130 g/mol. The number of carbonyl (C=O) groups is 11. The van der Waals surface area contributed by atoms with Gasteiger partial charge >= 0.3 is 11.9 Å². The molecule has 79 heavy (non-hydrogen) atoms. The van der Waals surface area contributed by atoms with Crippen molar-refractivity contribution in [1.29, 1.82) is 0 Å². The molecule has 12 atom stereocenters. The third-order valence-corrected chi connectivity index (χ3v) is 13.4. The van der Waals surface area contributed by atoms with Gasteiger partial charge in [0, 0.05) is 6.42 Å². The number of rotatable bonds is 27. The summed E-state index contributed by atoms with van der Waals surface area (Å²) in [6, 6.07) is -14.1. The van der Waals surface area contributed by atoms with Crippen LogP contribution in [-0.4, -0.2) is 165 Å². The maximum atomic E-state index is 14.7. The number of aliphatic hydroxyl groups excluding tert-OH is 3. The van der Waals surface area contributed by atoms with Crippen molar-refractivity contribution in [3.8, 4) is 0 Å². The molecule has 1 rings (SSSR count). The highest BCUT2D eigenvalue weighted by Gasteiger charge is 2.40. The van der Waals surface area contributed by atoms with E-state index in [1.165, 1.54) is 6.92 Å². The number of carboxylic acids is 1. The van der Waals surface area contributed by atoms with Gasteiger partial charge in [0.2, 0.25) is 53.2 Å². The quantitative estimate of drug-likeness (QED) is 0.0383. The third kappa shape index (κ3) is 26.3. The molecule has 1 saturated heterocycles. The summed E-state index contributed by atoms with van der Waals surface area (Å²) >= 11 is 0. The van der Waals surface area contributed by atoms with Crippen molar-refractivity contribution in [3.05, 3.63) is 0 Å². The van der Waals surface area contributed by atoms with Crippen LogP contribution in [0.4, 0.5) is 0 Å². The third-order valence-electron chi connectivity index (χ3n) is 13.4. The molecule has 0 saturated carbocycles. The lowest BCUT2D eigenvalue weighted by atomic mass is 9.98. The van der Waals surface area contributed by atoms with Crippen LogP contribution in [0.2, 0.25) is 0 Å². The van der Waals surface area contributed by atoms with Gasteiger partial charge < -0.3 is 73.0 Å². The van der Waals surface area contributed by atoms with Crippen LogP contribution in [0.15, 0.2) is 0 Å². The molecule has 2 unspecified atom stereocenters. The second-order valence-corrected chi connectivity index (χ2v) is 22.4. The summed E-state index contributed by atoms with van der Waals surface area (Å²) in [6.07, 6.45) is 1.05. The van der Waals surface area contributed by atoms with E-state index in [0.29, 0.717) is 12.8 Å². The van der Waals surface area contributed by atoms with Gasteiger partial charge in [-0.25, -0.2) is 4.79 Å². The van der Waals surface area contributed by atoms with Crippen LogP contribution < -0.4 is 47.9 Å². The Hall–Kier alpha value is -5.95. The SMILES string of the molecule is CCCCCCCC(O)CC(=O)N[C@@H](CC(C)C)C(=O)N[C@H](CCC(=O)O)C(=O)N[C@H]1C(=O)N[C@H](C(C)C)C(=O)N[C@H](CC(C)C)C(=O)N[C@H](CO)C(=O)N[C@@H](CC(C)C)C(=O)N[C@H](CO)C(=O)N[C@@H](C(C)CC)C(=O)O[C@@H]1C. The van der Waals surface area contributed by atoms with Crippen LogP contribution in [0.5, 0.6) is 0 Å². The first-order valence-electron chi connectivity index (χ1n) is 28.0. The van der Waals surface area contributed by atoms with Gasteiger partial charge in [-0.2, -0.15) is 0 Å². The number of aliphatic carboxylic acids is 1. The summed E-state index contributed by atoms with van der Waals surface area (Å²) in [4.78, 5) is 152. The van der Waals surface area contributed by atoms with Gasteiger partial charge in [-0.15, -0.1) is 0 Å². The van der Waals surface area contributed by atoms with Crippen LogP contribution in [-0.2, 0) is 57.5 Å². The molecule has 25 nitrogen and oxygen atoms in total. The number of amides is 9. The lowest BCUT2D eigenvalue weighted by Gasteiger charge is -2.32. The Morgan fingerprint density at radius 3 is 1.56 bits per heavy atom. The number of hydrogen-bond donors (Lipinski definition) is 13. The van der Waals surface area contributed by atoms with E-state index in [-0.39, 0.29) is 49.9 Å². The summed E-state index contributed by atoms with van der Waals surface area (Å²) < 4.78 is 5.82. The Morgan fingerprint density at radius 1 is 0.582 bits per heavy atom. The molecule has 9 amide bonds. The molecule has 1 aliphatic heterocycles. The Labute approximate surface area is 465 Å². The van der Waals surface area contributed by atoms with Crippen molar-refractivity contribution in [2.45, 2.75) is 233 Å². The number of aliphatic hydroxyl groups is 3. The van der Waals surface area contributed by atoms with Crippen molar-refractivity contribution in [2.75, 3.05) is 13.2 Å². The fraction of sp³-hybridized carbons (Fsp3) is 0.796. The van der Waals surface area contributed by atoms with E-state index in [1.54, 1.807) is 69.2 Å². The predicted octanol–water partition coefficient (Wildman–Crippen LogP) is 0.0962. The van der Waals surface area contributed by atoms with Crippen LogP contribution in [0.1, 0.15) is 167 Å². The van der Waals surface area contributed by atoms with Gasteiger partial charge in [-0.05, 0) is 68.6 Å². The molecule has 1 fully saturated rings. The van der Waals surface area contributed by atoms with E-state index in [9.17, 15) is 73.2 Å². The molecule has 0 bridgehead atoms. The smallest absolute Gasteiger partial charge is 0.329 e. The van der Waals surface area contributed by atoms with E-state index < -0.39 is 170 Å². The lowest BCUT2D eigenvalue weighted by Crippen LogP contribution is -2.64. The van der Waals surface area contributed by atoms with Crippen molar-refractivity contribution < 1.29 is 77.9 Å². The molecule has 0 aromatic carbocycles. The number of ether oxygens (including phenoxy) is 1. The van der Waals surface area contributed by atoms with E-state index in [1.807, 2.05) is 0 Å². The number of carbonyl (C=O) groups excluding carboxylic acids is 10. The number of unbranched alkanes of at least 4 members (excludes halogenated alkanes) is 4. The fourth-order valence-corrected chi connectivity index (χ4v) is 8.61. The summed E-state index contributed by atoms with van der Waals surface area (Å²) in [7, 11) is 0. The maximum absolute atomic E-state index is 14.7. The number of nitrogens with one attached hydrogen (secondary N) is 9. The molecule has 1 aliphatic rings. The van der Waals surface area contributed by atoms with Gasteiger partial charge in [0.25, 0.3) is 0 Å². The molecule has 0 aromatic rings. The Kier molecular flexibility index (Phi) is 32.7. The van der Waals surface area contributed by atoms with E-state index in [0.717, 1.165) is 25.7 Å². The van der Waals surface area contributed by atoms with Gasteiger partial charge in [-0.3, -0.25) is 47.9 Å². The van der Waals surface area contributed by atoms with Crippen LogP contribution in [0.3, 0.4) is 0 Å². The first-order valence-corrected chi connectivity index (χ1v) is 28.0. The molecule has 0 radical (unpaired) electrons. The molecule has 25 heteroatoms. The predicted molar refractivity (Wildman–Crippen MR) is 291 cm³/mol. The highest BCUT2D eigenvalue weighted by molar-refractivity contribution is 5.99. The minimum atomic E-state index is -1.95. The number of hydrogen-bond acceptors (Lipinski definition) is 15. The van der Waals surface area contributed by atoms with Crippen LogP contribution >= 0.6 is 0 Å². The highest BCUT2D eigenvalue weighted by Crippen LogP contribution is 2.17. The van der Waals surface area contributed by atoms with Crippen molar-refractivity contribution in [3.63, 3.8) is 0 Å². The highest BCUT2D eigenvalue weighted by atomic mass is 16.5. The minimum absolute atomic E-state index is 0.0100. The van der Waals surface area contributed by atoms with Gasteiger partial charge in [-0.1, -0.05) is 115 Å². The van der Waals surface area contributed by atoms with Crippen LogP contribution in [0, 0.1) is 29.6 Å². The van der Waals surface area contributed by atoms with Crippen molar-refractivity contribution >= 4 is 65.1 Å². The average molecular weight is 1130 g/mol. The number of cyclic esters (lactones) is 1. The molecule has 1 heterocycles. The van der Waals surface area contributed by atoms with Crippen LogP contribution in [0.25, 0.3) is 0 Å². The topological polar surface area (TPSA) is 386 Å². The molecule has 0 aliphatic carbocycles. The summed E-state index contributed by atoms with van der Waals surface area (Å²) in [6.45, 7) is 18.2. The standard InChI is InChI=1S/C54H95N9O16/c1-13-15-16-17-18-19-34(66)25-41(67)55-36(22-28(3)4)47(71)56-35(20-21-42(68)69)46(70)63-45-33(12)79-54(78)44(32(11)14-2)62-51(75)40(27-65)60-48(72)37(23-29(5)6)57-50(74)39(26-64)59-49(73)38(24-30(7)8)58-52(76)43(31(9)10)61-53(45)77/h28-40,43-45,64-66H,13-27H2,1-12H3,(H,55,67)(H,56,71)(H,57,74)(H,58,76)(H,59,73)(H,60,72)(H,61,77)(H,62,75)(H,63,70)(H,68,69)/t32?,33-,34?,35-,36+,37+,38-,39-,40-,43-,44+,45-/m1/s1. The summed E-state index contributed by atoms with van der Waals surface area (Å²) in [5, 5.41) is 63.5. The molecule has 0 aromatic heterocycles. The zero-order valence-electron chi connectivity index (χ0n) is 48.5. The average Bonchev–Trinajstić information content (AvgIpc) is 3.36. The van der Waals surface area contributed by atoms with E-state index in [4.69, 9.17) is 4.74 Å². The summed E-state index contributed by atoms with van der Waals surface area (Å²) in [5.74, 6) is -13.4. The molecular formula is C54H95N9O16. The normalized spacial score (nSPS) is 24.0. The first kappa shape index (κ1) is 71.1. The second-order valence-electron chi connectivity index (χ2n) is 22.4. The number of carboxylic acid groups (broad SMARTS) is 1. The molecular weight excluding hydrogens is 1030 g/mol. The molecule has 452 valence electrons. The minimum Gasteiger partial charge on any atom is -0.481 e. The molecule has 0 spiro atoms. The van der Waals surface area contributed by atoms with E-state index >= 15 is 0 Å². The Morgan fingerprint density at radius 2 is 1.08 bits per heavy atom. The zero-order chi connectivity index (χ0) is 60.3. The molecule has 13 N–H and O–H groups in total. The van der Waals surface area contributed by atoms with E-state index in [2.05, 4.69) is 54.8 Å². The summed E-state index contributed by atoms with van der Waals surface area (Å²) in [5.41, 5.74) is 0. The second kappa shape index (κ2) is 36.3. The largest absolute Gasteiger partial charge is 0.481 e. The Balaban J connectivity index is 3.99. The van der Waals surface area contributed by atoms with Crippen molar-refractivity contribution in [1.82, 2.24) is 47.9 Å².